The number of benzene rings is 2. The third-order valence-corrected chi connectivity index (χ3v) is 3.16. The van der Waals surface area contributed by atoms with Crippen molar-refractivity contribution in [2.24, 2.45) is 0 Å². The molecule has 0 spiro atoms. The molecule has 0 aromatic heterocycles. The Hall–Kier alpha value is -3.06. The number of nitrogens with zero attached hydrogens (tertiary/aromatic N) is 2. The molecule has 0 aliphatic heterocycles. The lowest BCUT2D eigenvalue weighted by Gasteiger charge is -1.97. The highest BCUT2D eigenvalue weighted by atomic mass is 14.3. The van der Waals surface area contributed by atoms with Crippen molar-refractivity contribution >= 4 is 5.57 Å². The average molecular weight is 240 g/mol. The predicted molar refractivity (Wildman–Crippen MR) is 72.6 cm³/mol. The zero-order valence-electron chi connectivity index (χ0n) is 10.0. The summed E-state index contributed by atoms with van der Waals surface area (Å²) >= 11 is 0. The third-order valence-electron chi connectivity index (χ3n) is 3.16. The SMILES string of the molecule is N#CC(=C=C1c2ccccc2-c2ccccc21)C#N. The highest BCUT2D eigenvalue weighted by Gasteiger charge is 2.22. The molecular weight excluding hydrogens is 232 g/mol. The Kier molecular flexibility index (Phi) is 2.51. The van der Waals surface area contributed by atoms with Gasteiger partial charge in [-0.1, -0.05) is 54.3 Å². The molecule has 19 heavy (non-hydrogen) atoms. The van der Waals surface area contributed by atoms with Gasteiger partial charge in [0.05, 0.1) is 0 Å². The van der Waals surface area contributed by atoms with Crippen LogP contribution in [0.1, 0.15) is 11.1 Å². The van der Waals surface area contributed by atoms with Crippen molar-refractivity contribution in [1.82, 2.24) is 0 Å². The summed E-state index contributed by atoms with van der Waals surface area (Å²) in [6.07, 6.45) is 0. The lowest BCUT2D eigenvalue weighted by Crippen LogP contribution is -1.79. The van der Waals surface area contributed by atoms with Gasteiger partial charge >= 0.3 is 0 Å². The molecule has 0 bridgehead atoms. The lowest BCUT2D eigenvalue weighted by molar-refractivity contribution is 1.47. The van der Waals surface area contributed by atoms with Gasteiger partial charge in [0.2, 0.25) is 0 Å². The third kappa shape index (κ3) is 1.65. The Morgan fingerprint density at radius 3 is 1.53 bits per heavy atom. The molecule has 0 N–H and O–H groups in total. The molecule has 1 aliphatic carbocycles. The predicted octanol–water partition coefficient (Wildman–Crippen LogP) is 3.67. The van der Waals surface area contributed by atoms with Crippen LogP contribution in [0.4, 0.5) is 0 Å². The van der Waals surface area contributed by atoms with Crippen LogP contribution in [0.15, 0.2) is 59.8 Å². The van der Waals surface area contributed by atoms with E-state index in [4.69, 9.17) is 10.5 Å². The van der Waals surface area contributed by atoms with E-state index in [9.17, 15) is 0 Å². The summed E-state index contributed by atoms with van der Waals surface area (Å²) in [7, 11) is 0. The maximum atomic E-state index is 8.90. The quantitative estimate of drug-likeness (QED) is 0.444. The largest absolute Gasteiger partial charge is 0.191 e. The van der Waals surface area contributed by atoms with E-state index in [0.717, 1.165) is 27.8 Å². The molecule has 86 valence electrons. The molecule has 0 heterocycles. The van der Waals surface area contributed by atoms with Crippen LogP contribution in [-0.2, 0) is 0 Å². The Balaban J connectivity index is 2.44. The van der Waals surface area contributed by atoms with Crippen LogP contribution in [0.2, 0.25) is 0 Å². The minimum atomic E-state index is 0.00139. The molecular formula is C17H8N2. The van der Waals surface area contributed by atoms with Crippen LogP contribution in [0.5, 0.6) is 0 Å². The van der Waals surface area contributed by atoms with Gasteiger partial charge in [-0.15, -0.1) is 0 Å². The van der Waals surface area contributed by atoms with E-state index < -0.39 is 0 Å². The lowest BCUT2D eigenvalue weighted by atomic mass is 10.0. The fourth-order valence-corrected chi connectivity index (χ4v) is 2.36. The molecule has 2 nitrogen and oxygen atoms in total. The van der Waals surface area contributed by atoms with Gasteiger partial charge in [0.15, 0.2) is 5.57 Å². The van der Waals surface area contributed by atoms with Gasteiger partial charge in [-0.05, 0) is 22.3 Å². The first-order valence-corrected chi connectivity index (χ1v) is 5.85. The van der Waals surface area contributed by atoms with Crippen molar-refractivity contribution < 1.29 is 0 Å². The zero-order valence-corrected chi connectivity index (χ0v) is 10.0. The number of nitriles is 2. The Bertz CT molecular complexity index is 759. The highest BCUT2D eigenvalue weighted by molar-refractivity contribution is 6.01. The van der Waals surface area contributed by atoms with E-state index in [1.807, 2.05) is 60.7 Å². The van der Waals surface area contributed by atoms with Gasteiger partial charge in [0.1, 0.15) is 12.1 Å². The van der Waals surface area contributed by atoms with E-state index in [0.29, 0.717) is 0 Å². The smallest absolute Gasteiger partial charge is 0.172 e. The van der Waals surface area contributed by atoms with Crippen LogP contribution >= 0.6 is 0 Å². The zero-order chi connectivity index (χ0) is 13.2. The van der Waals surface area contributed by atoms with Gasteiger partial charge in [-0.25, -0.2) is 0 Å². The van der Waals surface area contributed by atoms with E-state index in [1.165, 1.54) is 0 Å². The number of allylic oxidation sites excluding steroid dienone is 1. The summed E-state index contributed by atoms with van der Waals surface area (Å²) < 4.78 is 0. The molecule has 2 heteroatoms. The summed E-state index contributed by atoms with van der Waals surface area (Å²) in [6, 6.07) is 19.7. The second-order valence-corrected chi connectivity index (χ2v) is 4.19. The maximum absolute atomic E-state index is 8.90. The second-order valence-electron chi connectivity index (χ2n) is 4.19. The number of rotatable bonds is 0. The van der Waals surface area contributed by atoms with Crippen molar-refractivity contribution in [2.45, 2.75) is 0 Å². The first-order valence-electron chi connectivity index (χ1n) is 5.85. The first kappa shape index (κ1) is 11.1. The molecule has 0 radical (unpaired) electrons. The monoisotopic (exact) mass is 240 g/mol. The topological polar surface area (TPSA) is 47.6 Å². The standard InChI is InChI=1S/C17H8N2/c18-10-12(11-19)9-17-15-7-3-1-5-13(15)14-6-2-4-8-16(14)17/h1-8H. The van der Waals surface area contributed by atoms with Crippen molar-refractivity contribution in [2.75, 3.05) is 0 Å². The summed E-state index contributed by atoms with van der Waals surface area (Å²) in [5.74, 6) is 0. The minimum Gasteiger partial charge on any atom is -0.191 e. The molecule has 0 unspecified atom stereocenters. The first-order chi connectivity index (χ1) is 9.35. The Morgan fingerprint density at radius 2 is 1.11 bits per heavy atom. The molecule has 2 aromatic carbocycles. The molecule has 0 amide bonds. The van der Waals surface area contributed by atoms with E-state index >= 15 is 0 Å². The van der Waals surface area contributed by atoms with Crippen molar-refractivity contribution in [3.8, 4) is 23.3 Å². The summed E-state index contributed by atoms with van der Waals surface area (Å²) in [6.45, 7) is 0. The molecule has 3 rings (SSSR count). The van der Waals surface area contributed by atoms with E-state index in [-0.39, 0.29) is 5.57 Å². The van der Waals surface area contributed by atoms with Crippen LogP contribution < -0.4 is 0 Å². The van der Waals surface area contributed by atoms with Crippen LogP contribution in [0.3, 0.4) is 0 Å². The van der Waals surface area contributed by atoms with Crippen molar-refractivity contribution in [3.05, 3.63) is 71.0 Å². The normalized spacial score (nSPS) is 10.7. The average Bonchev–Trinajstić information content (AvgIpc) is 2.79. The van der Waals surface area contributed by atoms with Gasteiger partial charge in [0, 0.05) is 5.57 Å². The molecule has 0 saturated heterocycles. The molecule has 1 aliphatic rings. The molecule has 0 fully saturated rings. The fraction of sp³-hybridized carbons (Fsp3) is 0. The van der Waals surface area contributed by atoms with Gasteiger partial charge in [-0.3, -0.25) is 0 Å². The van der Waals surface area contributed by atoms with Crippen molar-refractivity contribution in [1.29, 1.82) is 10.5 Å². The van der Waals surface area contributed by atoms with Crippen LogP contribution in [0.25, 0.3) is 16.7 Å². The van der Waals surface area contributed by atoms with Crippen LogP contribution in [-0.4, -0.2) is 0 Å². The number of fused-ring (bicyclic) bond motifs is 3. The minimum absolute atomic E-state index is 0.00139. The highest BCUT2D eigenvalue weighted by Crippen LogP contribution is 2.43. The van der Waals surface area contributed by atoms with Gasteiger partial charge < -0.3 is 0 Å². The van der Waals surface area contributed by atoms with Gasteiger partial charge in [-0.2, -0.15) is 10.5 Å². The summed E-state index contributed by atoms with van der Waals surface area (Å²) in [4.78, 5) is 0. The molecule has 0 saturated carbocycles. The van der Waals surface area contributed by atoms with E-state index in [2.05, 4.69) is 5.73 Å². The van der Waals surface area contributed by atoms with E-state index in [1.54, 1.807) is 0 Å². The van der Waals surface area contributed by atoms with Gasteiger partial charge in [0.25, 0.3) is 0 Å². The maximum Gasteiger partial charge on any atom is 0.172 e. The Labute approximate surface area is 111 Å². The fourth-order valence-electron chi connectivity index (χ4n) is 2.36. The Morgan fingerprint density at radius 1 is 0.684 bits per heavy atom. The number of hydrogen-bond donors (Lipinski definition) is 0. The summed E-state index contributed by atoms with van der Waals surface area (Å²) in [5, 5.41) is 17.8. The molecule has 2 aromatic rings. The second kappa shape index (κ2) is 4.31. The number of hydrogen-bond acceptors (Lipinski definition) is 2. The summed E-state index contributed by atoms with van der Waals surface area (Å²) in [5.41, 5.74) is 8.05. The van der Waals surface area contributed by atoms with Crippen molar-refractivity contribution in [3.63, 3.8) is 0 Å². The molecule has 0 atom stereocenters. The van der Waals surface area contributed by atoms with Crippen LogP contribution in [0, 0.1) is 22.7 Å².